The van der Waals surface area contributed by atoms with E-state index in [1.165, 1.54) is 38.8 Å². The lowest BCUT2D eigenvalue weighted by Gasteiger charge is -2.33. The van der Waals surface area contributed by atoms with Gasteiger partial charge in [0.15, 0.2) is 11.7 Å². The second-order valence-electron chi connectivity index (χ2n) is 7.25. The molecule has 1 saturated carbocycles. The van der Waals surface area contributed by atoms with Gasteiger partial charge >= 0.3 is 0 Å². The molecular weight excluding hydrogens is 429 g/mol. The molecule has 1 aliphatic heterocycles. The first kappa shape index (κ1) is 20.5. The molecule has 2 aliphatic rings. The molecule has 142 valence electrons. The summed E-state index contributed by atoms with van der Waals surface area (Å²) in [5.74, 6) is 2.08. The van der Waals surface area contributed by atoms with Crippen molar-refractivity contribution in [1.82, 2.24) is 20.7 Å². The van der Waals surface area contributed by atoms with E-state index in [4.69, 9.17) is 4.52 Å². The van der Waals surface area contributed by atoms with Gasteiger partial charge in [-0.1, -0.05) is 19.0 Å². The first-order chi connectivity index (χ1) is 11.7. The zero-order chi connectivity index (χ0) is 16.9. The smallest absolute Gasteiger partial charge is 0.191 e. The minimum Gasteiger partial charge on any atom is -0.359 e. The number of nitrogens with one attached hydrogen (secondary N) is 2. The molecule has 0 unspecified atom stereocenters. The van der Waals surface area contributed by atoms with Crippen LogP contribution in [-0.2, 0) is 6.54 Å². The number of aliphatic imine (C=N–C) groups is 1. The Kier molecular flexibility index (Phi) is 7.99. The van der Waals surface area contributed by atoms with Crippen LogP contribution in [0.4, 0.5) is 0 Å². The van der Waals surface area contributed by atoms with E-state index in [0.717, 1.165) is 30.0 Å². The van der Waals surface area contributed by atoms with Crippen LogP contribution in [0, 0.1) is 0 Å². The predicted molar refractivity (Wildman–Crippen MR) is 112 cm³/mol. The molecule has 0 amide bonds. The molecule has 2 fully saturated rings. The zero-order valence-corrected chi connectivity index (χ0v) is 18.0. The Morgan fingerprint density at radius 1 is 1.32 bits per heavy atom. The Bertz CT molecular complexity index is 547. The van der Waals surface area contributed by atoms with Crippen LogP contribution in [0.2, 0.25) is 0 Å². The van der Waals surface area contributed by atoms with Crippen LogP contribution in [0.15, 0.2) is 15.6 Å². The number of likely N-dealkylation sites (tertiary alicyclic amines) is 1. The monoisotopic (exact) mass is 461 g/mol. The standard InChI is InChI=1S/C18H31N5O.HI/c1-4-19-18(20-12-16-11-17(13(2)3)22-24-16)21-14-7-9-23(10-8-14)15-5-6-15;/h11,13-15H,4-10,12H2,1-3H3,(H2,19,20,21);1H. The summed E-state index contributed by atoms with van der Waals surface area (Å²) in [7, 11) is 0. The molecule has 25 heavy (non-hydrogen) atoms. The van der Waals surface area contributed by atoms with Gasteiger partial charge in [0.05, 0.1) is 5.69 Å². The topological polar surface area (TPSA) is 65.7 Å². The first-order valence-corrected chi connectivity index (χ1v) is 9.40. The summed E-state index contributed by atoms with van der Waals surface area (Å²) < 4.78 is 5.37. The maximum Gasteiger partial charge on any atom is 0.191 e. The number of rotatable bonds is 6. The predicted octanol–water partition coefficient (Wildman–Crippen LogP) is 3.10. The molecule has 2 heterocycles. The number of halogens is 1. The highest BCUT2D eigenvalue weighted by atomic mass is 127. The number of piperidine rings is 1. The summed E-state index contributed by atoms with van der Waals surface area (Å²) in [5.41, 5.74) is 0.991. The summed E-state index contributed by atoms with van der Waals surface area (Å²) in [6.45, 7) is 10.1. The van der Waals surface area contributed by atoms with Crippen molar-refractivity contribution in [2.75, 3.05) is 19.6 Å². The highest BCUT2D eigenvalue weighted by molar-refractivity contribution is 14.0. The minimum atomic E-state index is 0. The van der Waals surface area contributed by atoms with Crippen LogP contribution in [0.1, 0.15) is 63.8 Å². The van der Waals surface area contributed by atoms with Gasteiger partial charge in [-0.05, 0) is 38.5 Å². The quantitative estimate of drug-likeness (QED) is 0.387. The van der Waals surface area contributed by atoms with Crippen LogP contribution in [0.3, 0.4) is 0 Å². The third kappa shape index (κ3) is 6.13. The SMILES string of the molecule is CCNC(=NCc1cc(C(C)C)no1)NC1CCN(C2CC2)CC1.I. The van der Waals surface area contributed by atoms with E-state index >= 15 is 0 Å². The maximum absolute atomic E-state index is 5.37. The van der Waals surface area contributed by atoms with E-state index in [2.05, 4.69) is 46.5 Å². The highest BCUT2D eigenvalue weighted by Gasteiger charge is 2.31. The Hall–Kier alpha value is -0.830. The van der Waals surface area contributed by atoms with Crippen molar-refractivity contribution >= 4 is 29.9 Å². The molecule has 7 heteroatoms. The van der Waals surface area contributed by atoms with Crippen LogP contribution in [-0.4, -0.2) is 47.7 Å². The second-order valence-corrected chi connectivity index (χ2v) is 7.25. The Balaban J connectivity index is 0.00000225. The van der Waals surface area contributed by atoms with E-state index in [1.54, 1.807) is 0 Å². The molecular formula is C18H32IN5O. The fourth-order valence-electron chi connectivity index (χ4n) is 3.19. The fraction of sp³-hybridized carbons (Fsp3) is 0.778. The molecule has 2 N–H and O–H groups in total. The Labute approximate surface area is 168 Å². The summed E-state index contributed by atoms with van der Waals surface area (Å²) >= 11 is 0. The number of hydrogen-bond acceptors (Lipinski definition) is 4. The molecule has 1 aliphatic carbocycles. The number of nitrogens with zero attached hydrogens (tertiary/aromatic N) is 3. The van der Waals surface area contributed by atoms with Crippen LogP contribution in [0.5, 0.6) is 0 Å². The average molecular weight is 461 g/mol. The molecule has 1 saturated heterocycles. The van der Waals surface area contributed by atoms with Gasteiger partial charge in [0.25, 0.3) is 0 Å². The van der Waals surface area contributed by atoms with Crippen molar-refractivity contribution in [3.63, 3.8) is 0 Å². The van der Waals surface area contributed by atoms with E-state index < -0.39 is 0 Å². The van der Waals surface area contributed by atoms with Gasteiger partial charge in [-0.25, -0.2) is 4.99 Å². The second kappa shape index (κ2) is 9.75. The largest absolute Gasteiger partial charge is 0.359 e. The average Bonchev–Trinajstić information content (AvgIpc) is 3.31. The molecule has 0 aromatic carbocycles. The van der Waals surface area contributed by atoms with Gasteiger partial charge in [-0.3, -0.25) is 0 Å². The first-order valence-electron chi connectivity index (χ1n) is 9.40. The van der Waals surface area contributed by atoms with Gasteiger partial charge in [-0.2, -0.15) is 0 Å². The molecule has 1 aromatic rings. The van der Waals surface area contributed by atoms with Gasteiger partial charge in [0.2, 0.25) is 0 Å². The molecule has 0 spiro atoms. The summed E-state index contributed by atoms with van der Waals surface area (Å²) in [6, 6.07) is 3.40. The number of aromatic nitrogens is 1. The summed E-state index contributed by atoms with van der Waals surface area (Å²) in [5, 5.41) is 11.0. The van der Waals surface area contributed by atoms with Crippen LogP contribution >= 0.6 is 24.0 Å². The molecule has 0 radical (unpaired) electrons. The maximum atomic E-state index is 5.37. The Morgan fingerprint density at radius 2 is 2.04 bits per heavy atom. The zero-order valence-electron chi connectivity index (χ0n) is 15.6. The van der Waals surface area contributed by atoms with Gasteiger partial charge in [-0.15, -0.1) is 24.0 Å². The molecule has 0 atom stereocenters. The molecule has 1 aromatic heterocycles. The van der Waals surface area contributed by atoms with Gasteiger partial charge in [0.1, 0.15) is 6.54 Å². The van der Waals surface area contributed by atoms with Crippen molar-refractivity contribution in [2.45, 2.75) is 71.0 Å². The van der Waals surface area contributed by atoms with E-state index in [1.807, 2.05) is 6.07 Å². The van der Waals surface area contributed by atoms with E-state index in [9.17, 15) is 0 Å². The normalized spacial score (nSPS) is 19.8. The molecule has 6 nitrogen and oxygen atoms in total. The summed E-state index contributed by atoms with van der Waals surface area (Å²) in [6.07, 6.45) is 5.19. The van der Waals surface area contributed by atoms with Crippen LogP contribution in [0.25, 0.3) is 0 Å². The van der Waals surface area contributed by atoms with Crippen molar-refractivity contribution in [1.29, 1.82) is 0 Å². The van der Waals surface area contributed by atoms with Crippen LogP contribution < -0.4 is 10.6 Å². The molecule has 0 bridgehead atoms. The van der Waals surface area contributed by atoms with Gasteiger partial charge in [0, 0.05) is 37.8 Å². The van der Waals surface area contributed by atoms with E-state index in [-0.39, 0.29) is 24.0 Å². The third-order valence-corrected chi connectivity index (χ3v) is 4.84. The van der Waals surface area contributed by atoms with Crippen molar-refractivity contribution in [3.8, 4) is 0 Å². The third-order valence-electron chi connectivity index (χ3n) is 4.84. The number of guanidine groups is 1. The lowest BCUT2D eigenvalue weighted by atomic mass is 10.1. The highest BCUT2D eigenvalue weighted by Crippen LogP contribution is 2.29. The molecule has 3 rings (SSSR count). The van der Waals surface area contributed by atoms with Gasteiger partial charge < -0.3 is 20.1 Å². The summed E-state index contributed by atoms with van der Waals surface area (Å²) in [4.78, 5) is 7.31. The Morgan fingerprint density at radius 3 is 2.60 bits per heavy atom. The number of hydrogen-bond donors (Lipinski definition) is 2. The van der Waals surface area contributed by atoms with Crippen molar-refractivity contribution in [2.24, 2.45) is 4.99 Å². The van der Waals surface area contributed by atoms with Crippen molar-refractivity contribution < 1.29 is 4.52 Å². The minimum absolute atomic E-state index is 0. The van der Waals surface area contributed by atoms with Crippen molar-refractivity contribution in [3.05, 3.63) is 17.5 Å². The lowest BCUT2D eigenvalue weighted by molar-refractivity contribution is 0.197. The fourth-order valence-corrected chi connectivity index (χ4v) is 3.19. The lowest BCUT2D eigenvalue weighted by Crippen LogP contribution is -2.49. The van der Waals surface area contributed by atoms with E-state index in [0.29, 0.717) is 18.5 Å².